The van der Waals surface area contributed by atoms with Crippen molar-refractivity contribution in [2.24, 2.45) is 5.92 Å². The van der Waals surface area contributed by atoms with E-state index in [2.05, 4.69) is 0 Å². The molecule has 1 heterocycles. The molecule has 0 bridgehead atoms. The highest BCUT2D eigenvalue weighted by Gasteiger charge is 2.25. The van der Waals surface area contributed by atoms with Crippen molar-refractivity contribution in [3.63, 3.8) is 0 Å². The van der Waals surface area contributed by atoms with E-state index in [0.717, 1.165) is 6.42 Å². The Balaban J connectivity index is 2.48. The number of esters is 1. The standard InChI is InChI=1S/C7H10O3/c1-5-2-3-6(4-8)10-7(5)9/h4-6H,2-3H2,1H3. The number of hydrogen-bond donors (Lipinski definition) is 0. The van der Waals surface area contributed by atoms with Crippen molar-refractivity contribution in [3.05, 3.63) is 0 Å². The first kappa shape index (κ1) is 7.25. The summed E-state index contributed by atoms with van der Waals surface area (Å²) in [6, 6.07) is 0. The van der Waals surface area contributed by atoms with Crippen LogP contribution in [0, 0.1) is 5.92 Å². The normalized spacial score (nSPS) is 33.1. The summed E-state index contributed by atoms with van der Waals surface area (Å²) in [6.07, 6.45) is 1.64. The van der Waals surface area contributed by atoms with E-state index in [1.165, 1.54) is 0 Å². The lowest BCUT2D eigenvalue weighted by molar-refractivity contribution is -0.161. The largest absolute Gasteiger partial charge is 0.454 e. The van der Waals surface area contributed by atoms with Crippen LogP contribution in [0.5, 0.6) is 0 Å². The summed E-state index contributed by atoms with van der Waals surface area (Å²) < 4.78 is 4.74. The zero-order valence-electron chi connectivity index (χ0n) is 5.87. The molecule has 1 aliphatic heterocycles. The topological polar surface area (TPSA) is 43.4 Å². The molecule has 3 nitrogen and oxygen atoms in total. The Morgan fingerprint density at radius 1 is 1.60 bits per heavy atom. The fraction of sp³-hybridized carbons (Fsp3) is 0.714. The van der Waals surface area contributed by atoms with Gasteiger partial charge in [-0.1, -0.05) is 6.92 Å². The van der Waals surface area contributed by atoms with E-state index >= 15 is 0 Å². The van der Waals surface area contributed by atoms with E-state index in [0.29, 0.717) is 12.7 Å². The van der Waals surface area contributed by atoms with Crippen molar-refractivity contribution < 1.29 is 14.3 Å². The molecule has 0 spiro atoms. The quantitative estimate of drug-likeness (QED) is 0.396. The molecule has 1 saturated heterocycles. The van der Waals surface area contributed by atoms with Gasteiger partial charge in [0.05, 0.1) is 5.92 Å². The van der Waals surface area contributed by atoms with Crippen LogP contribution < -0.4 is 0 Å². The van der Waals surface area contributed by atoms with E-state index in [-0.39, 0.29) is 11.9 Å². The average Bonchev–Trinajstić information content (AvgIpc) is 1.95. The third-order valence-corrected chi connectivity index (χ3v) is 1.71. The summed E-state index contributed by atoms with van der Waals surface area (Å²) in [5.41, 5.74) is 0. The Kier molecular flexibility index (Phi) is 2.04. The van der Waals surface area contributed by atoms with E-state index in [9.17, 15) is 9.59 Å². The van der Waals surface area contributed by atoms with Gasteiger partial charge in [0, 0.05) is 0 Å². The molecule has 2 unspecified atom stereocenters. The first-order chi connectivity index (χ1) is 4.74. The fourth-order valence-corrected chi connectivity index (χ4v) is 0.952. The van der Waals surface area contributed by atoms with Gasteiger partial charge in [-0.25, -0.2) is 0 Å². The van der Waals surface area contributed by atoms with E-state index < -0.39 is 6.10 Å². The first-order valence-corrected chi connectivity index (χ1v) is 3.40. The lowest BCUT2D eigenvalue weighted by Gasteiger charge is -2.21. The van der Waals surface area contributed by atoms with Gasteiger partial charge in [-0.15, -0.1) is 0 Å². The van der Waals surface area contributed by atoms with E-state index in [1.54, 1.807) is 0 Å². The van der Waals surface area contributed by atoms with E-state index in [1.807, 2.05) is 6.92 Å². The van der Waals surface area contributed by atoms with Crippen LogP contribution in [0.4, 0.5) is 0 Å². The molecule has 1 rings (SSSR count). The summed E-state index contributed by atoms with van der Waals surface area (Å²) in [5.74, 6) is -0.278. The molecule has 0 aromatic heterocycles. The van der Waals surface area contributed by atoms with Gasteiger partial charge in [-0.05, 0) is 12.8 Å². The van der Waals surface area contributed by atoms with Gasteiger partial charge < -0.3 is 4.74 Å². The molecular weight excluding hydrogens is 132 g/mol. The zero-order valence-corrected chi connectivity index (χ0v) is 5.87. The Morgan fingerprint density at radius 3 is 2.80 bits per heavy atom. The third-order valence-electron chi connectivity index (χ3n) is 1.71. The van der Waals surface area contributed by atoms with Gasteiger partial charge in [0.1, 0.15) is 0 Å². The summed E-state index contributed by atoms with van der Waals surface area (Å²) >= 11 is 0. The highest BCUT2D eigenvalue weighted by atomic mass is 16.5. The fourth-order valence-electron chi connectivity index (χ4n) is 0.952. The highest BCUT2D eigenvalue weighted by molar-refractivity contribution is 5.75. The van der Waals surface area contributed by atoms with Crippen LogP contribution in [-0.2, 0) is 14.3 Å². The van der Waals surface area contributed by atoms with Gasteiger partial charge in [-0.3, -0.25) is 9.59 Å². The van der Waals surface area contributed by atoms with Gasteiger partial charge in [0.25, 0.3) is 0 Å². The van der Waals surface area contributed by atoms with Gasteiger partial charge in [0.15, 0.2) is 12.4 Å². The SMILES string of the molecule is CC1CCC(C=O)OC1=O. The number of rotatable bonds is 1. The maximum absolute atomic E-state index is 10.8. The third kappa shape index (κ3) is 1.35. The summed E-state index contributed by atoms with van der Waals surface area (Å²) in [4.78, 5) is 20.9. The average molecular weight is 142 g/mol. The molecule has 1 fully saturated rings. The number of hydrogen-bond acceptors (Lipinski definition) is 3. The minimum Gasteiger partial charge on any atom is -0.454 e. The predicted octanol–water partition coefficient (Wildman–Crippen LogP) is 0.527. The molecular formula is C7H10O3. The number of aldehydes is 1. The van der Waals surface area contributed by atoms with E-state index in [4.69, 9.17) is 4.74 Å². The second kappa shape index (κ2) is 2.82. The molecule has 0 aromatic carbocycles. The Labute approximate surface area is 59.4 Å². The molecule has 0 radical (unpaired) electrons. The van der Waals surface area contributed by atoms with Crippen molar-refractivity contribution in [1.29, 1.82) is 0 Å². The van der Waals surface area contributed by atoms with Crippen LogP contribution in [0.25, 0.3) is 0 Å². The van der Waals surface area contributed by atoms with Crippen molar-refractivity contribution in [2.45, 2.75) is 25.9 Å². The molecule has 10 heavy (non-hydrogen) atoms. The minimum absolute atomic E-state index is 0.0313. The second-order valence-corrected chi connectivity index (χ2v) is 2.59. The number of cyclic esters (lactones) is 1. The number of carbonyl (C=O) groups excluding carboxylic acids is 2. The maximum Gasteiger partial charge on any atom is 0.309 e. The monoisotopic (exact) mass is 142 g/mol. The van der Waals surface area contributed by atoms with Crippen LogP contribution in [0.2, 0.25) is 0 Å². The predicted molar refractivity (Wildman–Crippen MR) is 34.3 cm³/mol. The maximum atomic E-state index is 10.8. The van der Waals surface area contributed by atoms with Crippen molar-refractivity contribution in [1.82, 2.24) is 0 Å². The van der Waals surface area contributed by atoms with Crippen LogP contribution in [0.1, 0.15) is 19.8 Å². The summed E-state index contributed by atoms with van der Waals surface area (Å²) in [5, 5.41) is 0. The molecule has 0 aliphatic carbocycles. The van der Waals surface area contributed by atoms with Crippen LogP contribution >= 0.6 is 0 Å². The minimum atomic E-state index is -0.483. The number of ether oxygens (including phenoxy) is 1. The first-order valence-electron chi connectivity index (χ1n) is 3.40. The molecule has 0 N–H and O–H groups in total. The Morgan fingerprint density at radius 2 is 2.30 bits per heavy atom. The summed E-state index contributed by atoms with van der Waals surface area (Å²) in [7, 11) is 0. The van der Waals surface area contributed by atoms with Crippen molar-refractivity contribution in [3.8, 4) is 0 Å². The molecule has 0 amide bonds. The number of carbonyl (C=O) groups is 2. The van der Waals surface area contributed by atoms with Crippen LogP contribution in [0.15, 0.2) is 0 Å². The Bertz CT molecular complexity index is 153. The molecule has 56 valence electrons. The molecule has 2 atom stereocenters. The van der Waals surface area contributed by atoms with Crippen molar-refractivity contribution >= 4 is 12.3 Å². The second-order valence-electron chi connectivity index (χ2n) is 2.59. The van der Waals surface area contributed by atoms with Gasteiger partial charge in [-0.2, -0.15) is 0 Å². The summed E-state index contributed by atoms with van der Waals surface area (Å²) in [6.45, 7) is 1.81. The molecule has 3 heteroatoms. The van der Waals surface area contributed by atoms with Crippen LogP contribution in [-0.4, -0.2) is 18.4 Å². The van der Waals surface area contributed by atoms with Gasteiger partial charge in [0.2, 0.25) is 0 Å². The smallest absolute Gasteiger partial charge is 0.309 e. The highest BCUT2D eigenvalue weighted by Crippen LogP contribution is 2.17. The van der Waals surface area contributed by atoms with Gasteiger partial charge >= 0.3 is 5.97 Å². The Hall–Kier alpha value is -0.860. The molecule has 0 aromatic rings. The lowest BCUT2D eigenvalue weighted by atomic mass is 10.0. The van der Waals surface area contributed by atoms with Crippen molar-refractivity contribution in [2.75, 3.05) is 0 Å². The molecule has 0 saturated carbocycles. The van der Waals surface area contributed by atoms with Crippen LogP contribution in [0.3, 0.4) is 0 Å². The zero-order chi connectivity index (χ0) is 7.56. The lowest BCUT2D eigenvalue weighted by Crippen LogP contribution is -2.30. The molecule has 1 aliphatic rings.